The Hall–Kier alpha value is -1.77. The molecule has 0 saturated carbocycles. The fraction of sp³-hybridized carbons (Fsp3) is 0.357. The number of hydrogen-bond donors (Lipinski definition) is 0. The van der Waals surface area contributed by atoms with E-state index in [-0.39, 0.29) is 12.4 Å². The molecule has 0 atom stereocenters. The van der Waals surface area contributed by atoms with Gasteiger partial charge in [0.25, 0.3) is 0 Å². The van der Waals surface area contributed by atoms with Crippen molar-refractivity contribution in [2.45, 2.75) is 32.8 Å². The van der Waals surface area contributed by atoms with Crippen molar-refractivity contribution in [2.24, 2.45) is 0 Å². The highest BCUT2D eigenvalue weighted by atomic mass is 16.6. The molecule has 0 spiro atoms. The number of fused-ring (bicyclic) bond motifs is 1. The Balaban J connectivity index is 2.18. The van der Waals surface area contributed by atoms with Gasteiger partial charge in [0.2, 0.25) is 0 Å². The number of carbonyl (C=O) groups is 1. The Labute approximate surface area is 100 Å². The molecule has 0 saturated heterocycles. The molecule has 2 rings (SSSR count). The van der Waals surface area contributed by atoms with Crippen LogP contribution in [0.25, 0.3) is 11.0 Å². The van der Waals surface area contributed by atoms with Gasteiger partial charge >= 0.3 is 5.97 Å². The van der Waals surface area contributed by atoms with Gasteiger partial charge in [-0.3, -0.25) is 4.79 Å². The van der Waals surface area contributed by atoms with E-state index < -0.39 is 5.60 Å². The van der Waals surface area contributed by atoms with Gasteiger partial charge < -0.3 is 9.15 Å². The second-order valence-corrected chi connectivity index (χ2v) is 5.01. The van der Waals surface area contributed by atoms with Gasteiger partial charge in [-0.25, -0.2) is 0 Å². The molecular formula is C14H16O3. The highest BCUT2D eigenvalue weighted by Gasteiger charge is 2.17. The Morgan fingerprint density at radius 1 is 1.29 bits per heavy atom. The average molecular weight is 232 g/mol. The zero-order valence-electron chi connectivity index (χ0n) is 10.3. The van der Waals surface area contributed by atoms with E-state index in [2.05, 4.69) is 0 Å². The minimum Gasteiger partial charge on any atom is -0.464 e. The number of rotatable bonds is 2. The van der Waals surface area contributed by atoms with Crippen LogP contribution in [0.2, 0.25) is 0 Å². The Morgan fingerprint density at radius 3 is 2.76 bits per heavy atom. The molecule has 0 aliphatic heterocycles. The molecule has 0 radical (unpaired) electrons. The van der Waals surface area contributed by atoms with E-state index in [1.807, 2.05) is 45.0 Å². The molecule has 90 valence electrons. The molecule has 2 aromatic rings. The highest BCUT2D eigenvalue weighted by Crippen LogP contribution is 2.21. The fourth-order valence-electron chi connectivity index (χ4n) is 1.74. The van der Waals surface area contributed by atoms with Crippen molar-refractivity contribution in [3.05, 3.63) is 36.1 Å². The van der Waals surface area contributed by atoms with E-state index in [0.717, 1.165) is 16.5 Å². The Bertz CT molecular complexity index is 532. The lowest BCUT2D eigenvalue weighted by Gasteiger charge is -2.19. The first-order valence-electron chi connectivity index (χ1n) is 5.63. The third-order valence-electron chi connectivity index (χ3n) is 2.34. The van der Waals surface area contributed by atoms with Crippen molar-refractivity contribution in [3.63, 3.8) is 0 Å². The van der Waals surface area contributed by atoms with Crippen LogP contribution in [0.4, 0.5) is 0 Å². The summed E-state index contributed by atoms with van der Waals surface area (Å²) in [6.45, 7) is 5.59. The fourth-order valence-corrected chi connectivity index (χ4v) is 1.74. The normalized spacial score (nSPS) is 11.7. The van der Waals surface area contributed by atoms with Crippen LogP contribution >= 0.6 is 0 Å². The Morgan fingerprint density at radius 2 is 2.06 bits per heavy atom. The van der Waals surface area contributed by atoms with Gasteiger partial charge in [-0.15, -0.1) is 0 Å². The van der Waals surface area contributed by atoms with Crippen molar-refractivity contribution in [2.75, 3.05) is 0 Å². The van der Waals surface area contributed by atoms with E-state index in [1.165, 1.54) is 0 Å². The molecule has 0 amide bonds. The number of furan rings is 1. The second-order valence-electron chi connectivity index (χ2n) is 5.01. The summed E-state index contributed by atoms with van der Waals surface area (Å²) in [6, 6.07) is 7.55. The molecule has 1 aromatic carbocycles. The van der Waals surface area contributed by atoms with Gasteiger partial charge in [0.15, 0.2) is 0 Å². The third kappa shape index (κ3) is 2.87. The first kappa shape index (κ1) is 11.7. The summed E-state index contributed by atoms with van der Waals surface area (Å²) in [5.41, 5.74) is 1.29. The van der Waals surface area contributed by atoms with Crippen LogP contribution in [-0.2, 0) is 16.0 Å². The van der Waals surface area contributed by atoms with E-state index in [1.54, 1.807) is 6.26 Å². The summed E-state index contributed by atoms with van der Waals surface area (Å²) in [6.07, 6.45) is 1.90. The van der Waals surface area contributed by atoms with Crippen LogP contribution in [0, 0.1) is 0 Å². The molecule has 0 aliphatic carbocycles. The summed E-state index contributed by atoms with van der Waals surface area (Å²) in [5.74, 6) is -0.216. The summed E-state index contributed by atoms with van der Waals surface area (Å²) in [4.78, 5) is 11.7. The second kappa shape index (κ2) is 4.24. The van der Waals surface area contributed by atoms with Gasteiger partial charge in [-0.05, 0) is 38.5 Å². The molecule has 3 heteroatoms. The summed E-state index contributed by atoms with van der Waals surface area (Å²) >= 11 is 0. The molecule has 0 bridgehead atoms. The number of ether oxygens (including phenoxy) is 1. The topological polar surface area (TPSA) is 39.4 Å². The summed E-state index contributed by atoms with van der Waals surface area (Å²) < 4.78 is 10.6. The summed E-state index contributed by atoms with van der Waals surface area (Å²) in [5, 5.41) is 0.971. The zero-order chi connectivity index (χ0) is 12.5. The number of benzene rings is 1. The molecular weight excluding hydrogens is 216 g/mol. The van der Waals surface area contributed by atoms with Crippen molar-refractivity contribution in [1.82, 2.24) is 0 Å². The van der Waals surface area contributed by atoms with Gasteiger partial charge in [0, 0.05) is 5.39 Å². The van der Waals surface area contributed by atoms with Crippen LogP contribution < -0.4 is 0 Å². The molecule has 1 heterocycles. The predicted molar refractivity (Wildman–Crippen MR) is 65.8 cm³/mol. The molecule has 1 aromatic heterocycles. The zero-order valence-corrected chi connectivity index (χ0v) is 10.3. The third-order valence-corrected chi connectivity index (χ3v) is 2.34. The van der Waals surface area contributed by atoms with Crippen molar-refractivity contribution < 1.29 is 13.9 Å². The molecule has 0 unspecified atom stereocenters. The minimum absolute atomic E-state index is 0.216. The lowest BCUT2D eigenvalue weighted by molar-refractivity contribution is -0.153. The van der Waals surface area contributed by atoms with Gasteiger partial charge in [0.1, 0.15) is 11.2 Å². The lowest BCUT2D eigenvalue weighted by atomic mass is 10.1. The highest BCUT2D eigenvalue weighted by molar-refractivity contribution is 5.85. The maximum Gasteiger partial charge on any atom is 0.310 e. The number of carbonyl (C=O) groups excluding carboxylic acids is 1. The van der Waals surface area contributed by atoms with Crippen LogP contribution in [-0.4, -0.2) is 11.6 Å². The van der Waals surface area contributed by atoms with Crippen molar-refractivity contribution in [1.29, 1.82) is 0 Å². The van der Waals surface area contributed by atoms with Crippen LogP contribution in [0.5, 0.6) is 0 Å². The molecule has 0 N–H and O–H groups in total. The van der Waals surface area contributed by atoms with E-state index in [9.17, 15) is 4.79 Å². The maximum absolute atomic E-state index is 11.7. The molecule has 0 aliphatic rings. The number of hydrogen-bond acceptors (Lipinski definition) is 3. The Kier molecular flexibility index (Phi) is 2.92. The smallest absolute Gasteiger partial charge is 0.310 e. The standard InChI is InChI=1S/C14H16O3/c1-14(2,3)17-13(15)9-10-5-4-6-12-11(10)7-8-16-12/h4-8H,9H2,1-3H3. The van der Waals surface area contributed by atoms with E-state index in [0.29, 0.717) is 0 Å². The predicted octanol–water partition coefficient (Wildman–Crippen LogP) is 3.32. The van der Waals surface area contributed by atoms with Gasteiger partial charge in [-0.1, -0.05) is 12.1 Å². The first-order chi connectivity index (χ1) is 7.96. The first-order valence-corrected chi connectivity index (χ1v) is 5.63. The lowest BCUT2D eigenvalue weighted by Crippen LogP contribution is -2.24. The van der Waals surface area contributed by atoms with Crippen LogP contribution in [0.15, 0.2) is 34.9 Å². The maximum atomic E-state index is 11.7. The molecule has 17 heavy (non-hydrogen) atoms. The van der Waals surface area contributed by atoms with Gasteiger partial charge in [-0.2, -0.15) is 0 Å². The quantitative estimate of drug-likeness (QED) is 0.746. The number of esters is 1. The molecule has 0 fully saturated rings. The largest absolute Gasteiger partial charge is 0.464 e. The van der Waals surface area contributed by atoms with E-state index >= 15 is 0 Å². The average Bonchev–Trinajstić information content (AvgIpc) is 2.63. The van der Waals surface area contributed by atoms with E-state index in [4.69, 9.17) is 9.15 Å². The van der Waals surface area contributed by atoms with Crippen LogP contribution in [0.1, 0.15) is 26.3 Å². The monoisotopic (exact) mass is 232 g/mol. The summed E-state index contributed by atoms with van der Waals surface area (Å²) in [7, 11) is 0. The van der Waals surface area contributed by atoms with Gasteiger partial charge in [0.05, 0.1) is 12.7 Å². The molecule has 3 nitrogen and oxygen atoms in total. The van der Waals surface area contributed by atoms with Crippen LogP contribution in [0.3, 0.4) is 0 Å². The van der Waals surface area contributed by atoms with Crippen molar-refractivity contribution >= 4 is 16.9 Å². The van der Waals surface area contributed by atoms with Crippen molar-refractivity contribution in [3.8, 4) is 0 Å². The minimum atomic E-state index is -0.443. The SMILES string of the molecule is CC(C)(C)OC(=O)Cc1cccc2occc12.